The highest BCUT2D eigenvalue weighted by atomic mass is 16.4. The zero-order chi connectivity index (χ0) is 6.69. The molecule has 1 heterocycles. The van der Waals surface area contributed by atoms with E-state index in [1.165, 1.54) is 6.20 Å². The summed E-state index contributed by atoms with van der Waals surface area (Å²) < 4.78 is 0. The lowest BCUT2D eigenvalue weighted by molar-refractivity contribution is 0.424. The van der Waals surface area contributed by atoms with E-state index in [-0.39, 0.29) is 14.0 Å². The molecular weight excluding hydrogens is 128 g/mol. The average Bonchev–Trinajstić information content (AvgIpc) is 1.90. The maximum absolute atomic E-state index is 8.52. The summed E-state index contributed by atoms with van der Waals surface area (Å²) in [5.74, 6) is 0. The van der Waals surface area contributed by atoms with Gasteiger partial charge < -0.3 is 10.0 Å². The van der Waals surface area contributed by atoms with Gasteiger partial charge in [-0.15, -0.1) is 0 Å². The number of nitrogens with zero attached hydrogens (tertiary/aromatic N) is 1. The van der Waals surface area contributed by atoms with Crippen LogP contribution in [0.1, 0.15) is 0 Å². The lowest BCUT2D eigenvalue weighted by Crippen LogP contribution is -2.31. The molecule has 0 unspecified atom stereocenters. The fourth-order valence-corrected chi connectivity index (χ4v) is 0.529. The van der Waals surface area contributed by atoms with Gasteiger partial charge in [0.1, 0.15) is 0 Å². The normalized spacial score (nSPS) is 8.20. The molecule has 1 aromatic heterocycles. The maximum atomic E-state index is 8.52. The van der Waals surface area contributed by atoms with Crippen molar-refractivity contribution in [3.8, 4) is 0 Å². The van der Waals surface area contributed by atoms with Crippen molar-refractivity contribution in [3.05, 3.63) is 24.4 Å². The second-order valence-electron chi connectivity index (χ2n) is 1.63. The molecule has 1 rings (SSSR count). The predicted octanol–water partition coefficient (Wildman–Crippen LogP) is -1.62. The van der Waals surface area contributed by atoms with Gasteiger partial charge in [0.05, 0.1) is 5.59 Å². The van der Waals surface area contributed by atoms with Crippen LogP contribution in [0.15, 0.2) is 24.4 Å². The quantitative estimate of drug-likeness (QED) is 0.453. The van der Waals surface area contributed by atoms with Gasteiger partial charge in [-0.2, -0.15) is 0 Å². The molecule has 49 valence electrons. The standard InChI is InChI=1S/C5H6BNO2.B/c8-6(9)5-3-1-2-4-7-5;/h1-4,8-9H;. The molecule has 0 aliphatic heterocycles. The van der Waals surface area contributed by atoms with Gasteiger partial charge in [-0.3, -0.25) is 4.98 Å². The van der Waals surface area contributed by atoms with Crippen molar-refractivity contribution in [2.24, 2.45) is 0 Å². The van der Waals surface area contributed by atoms with Crippen LogP contribution in [0.2, 0.25) is 0 Å². The van der Waals surface area contributed by atoms with Crippen molar-refractivity contribution >= 4 is 21.1 Å². The lowest BCUT2D eigenvalue weighted by Gasteiger charge is -1.93. The lowest BCUT2D eigenvalue weighted by atomic mass is 9.86. The summed E-state index contributed by atoms with van der Waals surface area (Å²) >= 11 is 0. The number of aromatic nitrogens is 1. The van der Waals surface area contributed by atoms with Gasteiger partial charge in [-0.25, -0.2) is 0 Å². The first-order valence-electron chi connectivity index (χ1n) is 2.58. The van der Waals surface area contributed by atoms with E-state index in [2.05, 4.69) is 4.98 Å². The first-order chi connectivity index (χ1) is 4.30. The fourth-order valence-electron chi connectivity index (χ4n) is 0.529. The van der Waals surface area contributed by atoms with Gasteiger partial charge in [0.25, 0.3) is 0 Å². The Morgan fingerprint density at radius 1 is 1.30 bits per heavy atom. The molecular formula is C5H6B2NO2. The van der Waals surface area contributed by atoms with Crippen molar-refractivity contribution in [3.63, 3.8) is 0 Å². The van der Waals surface area contributed by atoms with Crippen LogP contribution in [0.4, 0.5) is 0 Å². The molecule has 2 N–H and O–H groups in total. The first-order valence-corrected chi connectivity index (χ1v) is 2.58. The van der Waals surface area contributed by atoms with Crippen LogP contribution in [0.25, 0.3) is 0 Å². The van der Waals surface area contributed by atoms with Crippen LogP contribution in [0, 0.1) is 0 Å². The van der Waals surface area contributed by atoms with E-state index in [0.717, 1.165) is 0 Å². The Kier molecular flexibility index (Phi) is 3.76. The maximum Gasteiger partial charge on any atom is 0.508 e. The Hall–Kier alpha value is -0.800. The molecule has 0 saturated carbocycles. The summed E-state index contributed by atoms with van der Waals surface area (Å²) in [6.07, 6.45) is 1.51. The largest absolute Gasteiger partial charge is 0.508 e. The van der Waals surface area contributed by atoms with E-state index >= 15 is 0 Å². The summed E-state index contributed by atoms with van der Waals surface area (Å²) in [4.78, 5) is 3.68. The van der Waals surface area contributed by atoms with Gasteiger partial charge in [-0.1, -0.05) is 6.07 Å². The predicted molar refractivity (Wildman–Crippen MR) is 39.8 cm³/mol. The zero-order valence-electron chi connectivity index (χ0n) is 5.31. The number of pyridine rings is 1. The van der Waals surface area contributed by atoms with Crippen molar-refractivity contribution in [1.82, 2.24) is 4.98 Å². The molecule has 0 bridgehead atoms. The highest BCUT2D eigenvalue weighted by molar-refractivity contribution is 6.57. The first kappa shape index (κ1) is 9.20. The van der Waals surface area contributed by atoms with Crippen LogP contribution < -0.4 is 5.59 Å². The van der Waals surface area contributed by atoms with E-state index in [1.807, 2.05) is 0 Å². The van der Waals surface area contributed by atoms with Crippen LogP contribution in [0.3, 0.4) is 0 Å². The van der Waals surface area contributed by atoms with Gasteiger partial charge in [-0.05, 0) is 12.1 Å². The van der Waals surface area contributed by atoms with E-state index in [0.29, 0.717) is 0 Å². The fraction of sp³-hybridized carbons (Fsp3) is 0. The Balaban J connectivity index is 0.000000810. The van der Waals surface area contributed by atoms with Gasteiger partial charge in [0.2, 0.25) is 0 Å². The van der Waals surface area contributed by atoms with E-state index in [1.54, 1.807) is 18.2 Å². The Bertz CT molecular complexity index is 180. The molecule has 0 atom stereocenters. The second kappa shape index (κ2) is 4.09. The monoisotopic (exact) mass is 134 g/mol. The molecule has 0 saturated heterocycles. The molecule has 0 aliphatic rings. The van der Waals surface area contributed by atoms with Crippen molar-refractivity contribution in [1.29, 1.82) is 0 Å². The molecule has 3 nitrogen and oxygen atoms in total. The molecule has 0 fully saturated rings. The van der Waals surface area contributed by atoms with Crippen LogP contribution in [-0.4, -0.2) is 30.6 Å². The molecule has 0 amide bonds. The Labute approximate surface area is 61.5 Å². The third-order valence-electron chi connectivity index (χ3n) is 0.952. The number of rotatable bonds is 1. The highest BCUT2D eigenvalue weighted by Crippen LogP contribution is 1.76. The SMILES string of the molecule is OB(O)c1ccccn1.[B]. The van der Waals surface area contributed by atoms with Crippen molar-refractivity contribution < 1.29 is 10.0 Å². The Morgan fingerprint density at radius 3 is 2.30 bits per heavy atom. The van der Waals surface area contributed by atoms with Gasteiger partial charge in [0.15, 0.2) is 0 Å². The molecule has 5 heteroatoms. The molecule has 10 heavy (non-hydrogen) atoms. The summed E-state index contributed by atoms with van der Waals surface area (Å²) in [6.45, 7) is 0. The average molecular weight is 134 g/mol. The summed E-state index contributed by atoms with van der Waals surface area (Å²) in [6, 6.07) is 4.96. The summed E-state index contributed by atoms with van der Waals surface area (Å²) in [7, 11) is -1.45. The van der Waals surface area contributed by atoms with Gasteiger partial charge >= 0.3 is 7.12 Å². The molecule has 1 aromatic rings. The summed E-state index contributed by atoms with van der Waals surface area (Å²) in [5, 5.41) is 17.0. The third-order valence-corrected chi connectivity index (χ3v) is 0.952. The zero-order valence-corrected chi connectivity index (χ0v) is 5.31. The molecule has 0 aliphatic carbocycles. The number of hydrogen-bond acceptors (Lipinski definition) is 3. The topological polar surface area (TPSA) is 53.4 Å². The number of hydrogen-bond donors (Lipinski definition) is 2. The minimum absolute atomic E-state index is 0. The Morgan fingerprint density at radius 2 is 2.00 bits per heavy atom. The van der Waals surface area contributed by atoms with E-state index < -0.39 is 7.12 Å². The van der Waals surface area contributed by atoms with E-state index in [4.69, 9.17) is 10.0 Å². The molecule has 0 aromatic carbocycles. The van der Waals surface area contributed by atoms with Crippen molar-refractivity contribution in [2.45, 2.75) is 0 Å². The van der Waals surface area contributed by atoms with Crippen molar-refractivity contribution in [2.75, 3.05) is 0 Å². The summed E-state index contributed by atoms with van der Waals surface area (Å²) in [5.41, 5.74) is 0.275. The smallest absolute Gasteiger partial charge is 0.422 e. The molecule has 0 spiro atoms. The van der Waals surface area contributed by atoms with Gasteiger partial charge in [0, 0.05) is 14.6 Å². The van der Waals surface area contributed by atoms with E-state index in [9.17, 15) is 0 Å². The second-order valence-corrected chi connectivity index (χ2v) is 1.63. The van der Waals surface area contributed by atoms with Crippen LogP contribution in [0.5, 0.6) is 0 Å². The highest BCUT2D eigenvalue weighted by Gasteiger charge is 2.09. The van der Waals surface area contributed by atoms with Crippen LogP contribution >= 0.6 is 0 Å². The minimum atomic E-state index is -1.45. The third kappa shape index (κ3) is 2.21. The van der Waals surface area contributed by atoms with Crippen LogP contribution in [-0.2, 0) is 0 Å². The molecule has 3 radical (unpaired) electrons. The minimum Gasteiger partial charge on any atom is -0.422 e.